The topological polar surface area (TPSA) is 45.0 Å². The zero-order valence-electron chi connectivity index (χ0n) is 8.51. The van der Waals surface area contributed by atoms with Crippen LogP contribution in [0.4, 0.5) is 17.6 Å². The summed E-state index contributed by atoms with van der Waals surface area (Å²) in [5.41, 5.74) is 2.43. The highest BCUT2D eigenvalue weighted by Gasteiger charge is 2.27. The van der Waals surface area contributed by atoms with Gasteiger partial charge in [0, 0.05) is 6.54 Å². The van der Waals surface area contributed by atoms with Crippen molar-refractivity contribution in [3.05, 3.63) is 35.1 Å². The number of halogens is 4. The van der Waals surface area contributed by atoms with Gasteiger partial charge in [-0.2, -0.15) is 23.9 Å². The van der Waals surface area contributed by atoms with E-state index >= 15 is 0 Å². The van der Waals surface area contributed by atoms with Crippen LogP contribution in [0.15, 0.2) is 18.2 Å². The number of hydrogen-bond donors (Lipinski definition) is 1. The quantitative estimate of drug-likeness (QED) is 0.505. The fraction of sp³-hybridized carbons (Fsp3) is 0.300. The van der Waals surface area contributed by atoms with E-state index < -0.39 is 18.6 Å². The summed E-state index contributed by atoms with van der Waals surface area (Å²) < 4.78 is 48.0. The Hall–Kier alpha value is -1.65. The van der Waals surface area contributed by atoms with E-state index in [1.807, 2.05) is 5.48 Å². The summed E-state index contributed by atoms with van der Waals surface area (Å²) in [5, 5.41) is 8.67. The normalized spacial score (nSPS) is 11.2. The van der Waals surface area contributed by atoms with Crippen molar-refractivity contribution < 1.29 is 22.4 Å². The lowest BCUT2D eigenvalue weighted by Gasteiger charge is -2.09. The molecule has 0 amide bonds. The Morgan fingerprint density at radius 2 is 2.06 bits per heavy atom. The molecular formula is C10H8F4N2O. The highest BCUT2D eigenvalue weighted by molar-refractivity contribution is 5.37. The minimum Gasteiger partial charge on any atom is -0.292 e. The maximum Gasteiger partial charge on any atom is 0.413 e. The highest BCUT2D eigenvalue weighted by Crippen LogP contribution is 2.14. The predicted octanol–water partition coefficient (Wildman–Crippen LogP) is 2.28. The van der Waals surface area contributed by atoms with Crippen LogP contribution in [0.25, 0.3) is 0 Å². The molecule has 17 heavy (non-hydrogen) atoms. The molecule has 0 unspecified atom stereocenters. The Bertz CT molecular complexity index is 425. The fourth-order valence-electron chi connectivity index (χ4n) is 1.08. The number of alkyl halides is 3. The Balaban J connectivity index is 2.52. The first-order valence-electron chi connectivity index (χ1n) is 4.52. The third kappa shape index (κ3) is 4.80. The van der Waals surface area contributed by atoms with Crippen molar-refractivity contribution in [3.63, 3.8) is 0 Å². The number of nitrogens with one attached hydrogen (secondary N) is 1. The molecule has 0 bridgehead atoms. The third-order valence-electron chi connectivity index (χ3n) is 1.79. The van der Waals surface area contributed by atoms with Gasteiger partial charge in [-0.1, -0.05) is 0 Å². The van der Waals surface area contributed by atoms with Gasteiger partial charge in [0.25, 0.3) is 0 Å². The lowest BCUT2D eigenvalue weighted by atomic mass is 10.1. The number of hydroxylamine groups is 1. The smallest absolute Gasteiger partial charge is 0.292 e. The standard InChI is InChI=1S/C10H8F4N2O/c11-9-2-1-7(4-15)8(3-9)5-16-17-6-10(12,13)14/h1-3,16H,5-6H2. The first-order chi connectivity index (χ1) is 7.92. The summed E-state index contributed by atoms with van der Waals surface area (Å²) in [5.74, 6) is -0.573. The summed E-state index contributed by atoms with van der Waals surface area (Å²) in [6.45, 7) is -1.64. The average molecular weight is 248 g/mol. The molecule has 0 aliphatic heterocycles. The van der Waals surface area contributed by atoms with E-state index in [0.29, 0.717) is 0 Å². The molecule has 0 aliphatic rings. The van der Waals surface area contributed by atoms with Crippen molar-refractivity contribution in [1.82, 2.24) is 5.48 Å². The zero-order valence-corrected chi connectivity index (χ0v) is 8.51. The van der Waals surface area contributed by atoms with Crippen LogP contribution in [0.2, 0.25) is 0 Å². The molecule has 0 aliphatic carbocycles. The summed E-state index contributed by atoms with van der Waals surface area (Å²) >= 11 is 0. The minimum atomic E-state index is -4.44. The molecule has 0 heterocycles. The molecule has 3 nitrogen and oxygen atoms in total. The van der Waals surface area contributed by atoms with E-state index in [0.717, 1.165) is 12.1 Å². The molecule has 0 saturated heterocycles. The Kier molecular flexibility index (Phi) is 4.43. The van der Waals surface area contributed by atoms with Crippen molar-refractivity contribution in [2.75, 3.05) is 6.61 Å². The lowest BCUT2D eigenvalue weighted by Crippen LogP contribution is -2.24. The van der Waals surface area contributed by atoms with Crippen LogP contribution in [0.3, 0.4) is 0 Å². The van der Waals surface area contributed by atoms with Gasteiger partial charge in [-0.3, -0.25) is 4.84 Å². The van der Waals surface area contributed by atoms with Gasteiger partial charge in [0.1, 0.15) is 5.82 Å². The number of nitrogens with zero attached hydrogens (tertiary/aromatic N) is 1. The maximum absolute atomic E-state index is 12.8. The van der Waals surface area contributed by atoms with Gasteiger partial charge < -0.3 is 0 Å². The second-order valence-electron chi connectivity index (χ2n) is 3.14. The SMILES string of the molecule is N#Cc1ccc(F)cc1CNOCC(F)(F)F. The van der Waals surface area contributed by atoms with Gasteiger partial charge >= 0.3 is 6.18 Å². The molecule has 0 saturated carbocycles. The molecule has 1 aromatic carbocycles. The van der Waals surface area contributed by atoms with Gasteiger partial charge in [0.05, 0.1) is 11.6 Å². The first kappa shape index (κ1) is 13.4. The third-order valence-corrected chi connectivity index (χ3v) is 1.79. The molecule has 92 valence electrons. The number of rotatable bonds is 4. The van der Waals surface area contributed by atoms with E-state index in [1.54, 1.807) is 6.07 Å². The summed E-state index contributed by atoms with van der Waals surface area (Å²) in [6, 6.07) is 5.20. The fourth-order valence-corrected chi connectivity index (χ4v) is 1.08. The monoisotopic (exact) mass is 248 g/mol. The summed E-state index contributed by atoms with van der Waals surface area (Å²) in [6.07, 6.45) is -4.44. The number of benzene rings is 1. The molecule has 1 aromatic rings. The van der Waals surface area contributed by atoms with Gasteiger partial charge in [-0.05, 0) is 23.8 Å². The molecular weight excluding hydrogens is 240 g/mol. The molecule has 7 heteroatoms. The van der Waals surface area contributed by atoms with Crippen LogP contribution in [-0.4, -0.2) is 12.8 Å². The van der Waals surface area contributed by atoms with Gasteiger partial charge in [-0.15, -0.1) is 0 Å². The molecule has 1 N–H and O–H groups in total. The van der Waals surface area contributed by atoms with Crippen LogP contribution >= 0.6 is 0 Å². The summed E-state index contributed by atoms with van der Waals surface area (Å²) in [4.78, 5) is 4.13. The lowest BCUT2D eigenvalue weighted by molar-refractivity contribution is -0.190. The van der Waals surface area contributed by atoms with E-state index in [4.69, 9.17) is 5.26 Å². The number of nitriles is 1. The van der Waals surface area contributed by atoms with E-state index in [1.165, 1.54) is 6.07 Å². The van der Waals surface area contributed by atoms with Crippen LogP contribution in [0.1, 0.15) is 11.1 Å². The molecule has 0 fully saturated rings. The van der Waals surface area contributed by atoms with Gasteiger partial charge in [0.2, 0.25) is 0 Å². The largest absolute Gasteiger partial charge is 0.413 e. The molecule has 0 aromatic heterocycles. The Labute approximate surface area is 94.6 Å². The van der Waals surface area contributed by atoms with Crippen LogP contribution in [0.5, 0.6) is 0 Å². The van der Waals surface area contributed by atoms with Crippen LogP contribution in [-0.2, 0) is 11.4 Å². The molecule has 0 radical (unpaired) electrons. The molecule has 0 spiro atoms. The van der Waals surface area contributed by atoms with Gasteiger partial charge in [-0.25, -0.2) is 4.39 Å². The van der Waals surface area contributed by atoms with Crippen molar-refractivity contribution in [3.8, 4) is 6.07 Å². The highest BCUT2D eigenvalue weighted by atomic mass is 19.4. The Morgan fingerprint density at radius 3 is 2.65 bits per heavy atom. The van der Waals surface area contributed by atoms with Crippen molar-refractivity contribution in [2.24, 2.45) is 0 Å². The van der Waals surface area contributed by atoms with Crippen LogP contribution in [0, 0.1) is 17.1 Å². The zero-order chi connectivity index (χ0) is 12.9. The van der Waals surface area contributed by atoms with Gasteiger partial charge in [0.15, 0.2) is 6.61 Å². The van der Waals surface area contributed by atoms with Crippen molar-refractivity contribution in [2.45, 2.75) is 12.7 Å². The van der Waals surface area contributed by atoms with Crippen molar-refractivity contribution in [1.29, 1.82) is 5.26 Å². The second-order valence-corrected chi connectivity index (χ2v) is 3.14. The number of hydrogen-bond acceptors (Lipinski definition) is 3. The Morgan fingerprint density at radius 1 is 1.35 bits per heavy atom. The molecule has 0 atom stereocenters. The van der Waals surface area contributed by atoms with E-state index in [-0.39, 0.29) is 17.7 Å². The van der Waals surface area contributed by atoms with Crippen molar-refractivity contribution >= 4 is 0 Å². The van der Waals surface area contributed by atoms with E-state index in [9.17, 15) is 17.6 Å². The van der Waals surface area contributed by atoms with E-state index in [2.05, 4.69) is 4.84 Å². The average Bonchev–Trinajstić information content (AvgIpc) is 2.23. The van der Waals surface area contributed by atoms with Crippen LogP contribution < -0.4 is 5.48 Å². The summed E-state index contributed by atoms with van der Waals surface area (Å²) in [7, 11) is 0. The molecule has 1 rings (SSSR count). The predicted molar refractivity (Wildman–Crippen MR) is 50.0 cm³/mol. The minimum absolute atomic E-state index is 0.175. The maximum atomic E-state index is 12.8. The second kappa shape index (κ2) is 5.61. The first-order valence-corrected chi connectivity index (χ1v) is 4.52.